The van der Waals surface area contributed by atoms with E-state index in [1.807, 2.05) is 0 Å². The molecule has 0 amide bonds. The van der Waals surface area contributed by atoms with Crippen molar-refractivity contribution in [2.45, 2.75) is 11.4 Å². The molecule has 2 aromatic carbocycles. The van der Waals surface area contributed by atoms with Gasteiger partial charge in [0.2, 0.25) is 10.0 Å². The van der Waals surface area contributed by atoms with Crippen LogP contribution in [0.15, 0.2) is 47.4 Å². The van der Waals surface area contributed by atoms with Crippen LogP contribution in [0.4, 0.5) is 5.69 Å². The van der Waals surface area contributed by atoms with Crippen LogP contribution in [0.3, 0.4) is 0 Å². The molecule has 0 aliphatic carbocycles. The van der Waals surface area contributed by atoms with Crippen molar-refractivity contribution in [2.24, 2.45) is 0 Å². The summed E-state index contributed by atoms with van der Waals surface area (Å²) < 4.78 is 26.1. The standard InChI is InChI=1S/C14H12Cl2N2O4S/c1-17(9-10-5-6-13(15)14(16)7-10)23(21,22)12-4-2-3-11(8-12)18(19)20/h2-8H,9H2,1H3. The van der Waals surface area contributed by atoms with E-state index in [4.69, 9.17) is 23.2 Å². The van der Waals surface area contributed by atoms with E-state index in [1.54, 1.807) is 18.2 Å². The van der Waals surface area contributed by atoms with Crippen molar-refractivity contribution in [1.29, 1.82) is 0 Å². The molecule has 0 N–H and O–H groups in total. The van der Waals surface area contributed by atoms with Crippen molar-refractivity contribution in [2.75, 3.05) is 7.05 Å². The van der Waals surface area contributed by atoms with Gasteiger partial charge in [-0.15, -0.1) is 0 Å². The molecule has 0 saturated carbocycles. The minimum absolute atomic E-state index is 0.0575. The Bertz CT molecular complexity index is 856. The molecule has 0 unspecified atom stereocenters. The molecule has 9 heteroatoms. The summed E-state index contributed by atoms with van der Waals surface area (Å²) in [7, 11) is -2.48. The van der Waals surface area contributed by atoms with E-state index in [0.717, 1.165) is 10.4 Å². The van der Waals surface area contributed by atoms with Crippen LogP contribution in [0.1, 0.15) is 5.56 Å². The molecule has 122 valence electrons. The van der Waals surface area contributed by atoms with Gasteiger partial charge < -0.3 is 0 Å². The molecular weight excluding hydrogens is 363 g/mol. The van der Waals surface area contributed by atoms with Gasteiger partial charge in [-0.25, -0.2) is 8.42 Å². The third-order valence-corrected chi connectivity index (χ3v) is 5.66. The van der Waals surface area contributed by atoms with Gasteiger partial charge in [0, 0.05) is 25.7 Å². The molecule has 0 bridgehead atoms. The number of hydrogen-bond acceptors (Lipinski definition) is 4. The molecule has 0 atom stereocenters. The van der Waals surface area contributed by atoms with Gasteiger partial charge in [-0.2, -0.15) is 4.31 Å². The Morgan fingerprint density at radius 1 is 1.13 bits per heavy atom. The van der Waals surface area contributed by atoms with Gasteiger partial charge in [-0.3, -0.25) is 10.1 Å². The van der Waals surface area contributed by atoms with Crippen LogP contribution < -0.4 is 0 Å². The molecule has 0 aromatic heterocycles. The van der Waals surface area contributed by atoms with E-state index >= 15 is 0 Å². The Morgan fingerprint density at radius 2 is 1.83 bits per heavy atom. The fraction of sp³-hybridized carbons (Fsp3) is 0.143. The third kappa shape index (κ3) is 4.00. The van der Waals surface area contributed by atoms with E-state index in [0.29, 0.717) is 15.6 Å². The van der Waals surface area contributed by atoms with Crippen LogP contribution in [-0.2, 0) is 16.6 Å². The van der Waals surface area contributed by atoms with Gasteiger partial charge >= 0.3 is 0 Å². The normalized spacial score (nSPS) is 11.7. The number of sulfonamides is 1. The molecule has 6 nitrogen and oxygen atoms in total. The van der Waals surface area contributed by atoms with Crippen molar-refractivity contribution in [1.82, 2.24) is 4.31 Å². The fourth-order valence-corrected chi connectivity index (χ4v) is 3.44. The number of nitrogens with zero attached hydrogens (tertiary/aromatic N) is 2. The Morgan fingerprint density at radius 3 is 2.43 bits per heavy atom. The maximum Gasteiger partial charge on any atom is 0.270 e. The molecule has 0 aliphatic rings. The average Bonchev–Trinajstić information content (AvgIpc) is 2.51. The number of nitro groups is 1. The van der Waals surface area contributed by atoms with E-state index in [2.05, 4.69) is 0 Å². The fourth-order valence-electron chi connectivity index (χ4n) is 1.92. The predicted molar refractivity (Wildman–Crippen MR) is 88.2 cm³/mol. The van der Waals surface area contributed by atoms with Crippen LogP contribution in [0.5, 0.6) is 0 Å². The highest BCUT2D eigenvalue weighted by Crippen LogP contribution is 2.25. The first kappa shape index (κ1) is 17.7. The van der Waals surface area contributed by atoms with Gasteiger partial charge in [0.25, 0.3) is 5.69 Å². The molecule has 0 radical (unpaired) electrons. The van der Waals surface area contributed by atoms with Crippen LogP contribution >= 0.6 is 23.2 Å². The van der Waals surface area contributed by atoms with E-state index in [1.165, 1.54) is 25.2 Å². The van der Waals surface area contributed by atoms with Crippen molar-refractivity contribution >= 4 is 38.9 Å². The monoisotopic (exact) mass is 374 g/mol. The van der Waals surface area contributed by atoms with Crippen molar-refractivity contribution in [3.63, 3.8) is 0 Å². The first-order valence-corrected chi connectivity index (χ1v) is 8.56. The lowest BCUT2D eigenvalue weighted by atomic mass is 10.2. The minimum atomic E-state index is -3.86. The Labute approximate surface area is 143 Å². The van der Waals surface area contributed by atoms with Crippen LogP contribution in [0.2, 0.25) is 10.0 Å². The number of nitro benzene ring substituents is 1. The first-order valence-electron chi connectivity index (χ1n) is 6.36. The smallest absolute Gasteiger partial charge is 0.258 e. The van der Waals surface area contributed by atoms with Crippen molar-refractivity contribution in [3.05, 3.63) is 68.2 Å². The van der Waals surface area contributed by atoms with Gasteiger partial charge in [0.1, 0.15) is 0 Å². The molecule has 0 aliphatic heterocycles. The predicted octanol–water partition coefficient (Wildman–Crippen LogP) is 3.72. The number of halogens is 2. The second kappa shape index (κ2) is 6.84. The lowest BCUT2D eigenvalue weighted by Gasteiger charge is -2.17. The third-order valence-electron chi connectivity index (χ3n) is 3.13. The summed E-state index contributed by atoms with van der Waals surface area (Å²) in [5.41, 5.74) is 0.366. The summed E-state index contributed by atoms with van der Waals surface area (Å²) in [5, 5.41) is 11.5. The molecule has 2 rings (SSSR count). The van der Waals surface area contributed by atoms with Crippen molar-refractivity contribution in [3.8, 4) is 0 Å². The summed E-state index contributed by atoms with van der Waals surface area (Å²) in [6.07, 6.45) is 0. The SMILES string of the molecule is CN(Cc1ccc(Cl)c(Cl)c1)S(=O)(=O)c1cccc([N+](=O)[O-])c1. The number of benzene rings is 2. The highest BCUT2D eigenvalue weighted by Gasteiger charge is 2.23. The highest BCUT2D eigenvalue weighted by molar-refractivity contribution is 7.89. The van der Waals surface area contributed by atoms with E-state index in [-0.39, 0.29) is 17.1 Å². The van der Waals surface area contributed by atoms with Crippen molar-refractivity contribution < 1.29 is 13.3 Å². The van der Waals surface area contributed by atoms with Gasteiger partial charge in [-0.05, 0) is 23.8 Å². The van der Waals surface area contributed by atoms with Crippen LogP contribution in [0.25, 0.3) is 0 Å². The lowest BCUT2D eigenvalue weighted by Crippen LogP contribution is -2.26. The average molecular weight is 375 g/mol. The summed E-state index contributed by atoms with van der Waals surface area (Å²) in [6, 6.07) is 9.72. The van der Waals surface area contributed by atoms with Crippen LogP contribution in [0, 0.1) is 10.1 Å². The maximum atomic E-state index is 12.5. The molecule has 0 heterocycles. The molecule has 0 saturated heterocycles. The summed E-state index contributed by atoms with van der Waals surface area (Å²) >= 11 is 11.7. The first-order chi connectivity index (χ1) is 10.7. The molecule has 2 aromatic rings. The second-order valence-electron chi connectivity index (χ2n) is 4.76. The van der Waals surface area contributed by atoms with Gasteiger partial charge in [0.15, 0.2) is 0 Å². The molecule has 0 fully saturated rings. The Hall–Kier alpha value is -1.67. The zero-order valence-electron chi connectivity index (χ0n) is 11.9. The van der Waals surface area contributed by atoms with E-state index < -0.39 is 14.9 Å². The number of hydrogen-bond donors (Lipinski definition) is 0. The zero-order chi connectivity index (χ0) is 17.2. The number of rotatable bonds is 5. The Kier molecular flexibility index (Phi) is 5.26. The summed E-state index contributed by atoms with van der Waals surface area (Å²) in [5.74, 6) is 0. The maximum absolute atomic E-state index is 12.5. The highest BCUT2D eigenvalue weighted by atomic mass is 35.5. The number of non-ortho nitro benzene ring substituents is 1. The zero-order valence-corrected chi connectivity index (χ0v) is 14.3. The molecular formula is C14H12Cl2N2O4S. The topological polar surface area (TPSA) is 80.5 Å². The van der Waals surface area contributed by atoms with Crippen LogP contribution in [-0.4, -0.2) is 24.7 Å². The molecule has 0 spiro atoms. The van der Waals surface area contributed by atoms with Gasteiger partial charge in [-0.1, -0.05) is 35.3 Å². The largest absolute Gasteiger partial charge is 0.270 e. The lowest BCUT2D eigenvalue weighted by molar-refractivity contribution is -0.385. The minimum Gasteiger partial charge on any atom is -0.258 e. The van der Waals surface area contributed by atoms with E-state index in [9.17, 15) is 18.5 Å². The van der Waals surface area contributed by atoms with Gasteiger partial charge in [0.05, 0.1) is 19.9 Å². The second-order valence-corrected chi connectivity index (χ2v) is 7.62. The Balaban J connectivity index is 2.29. The summed E-state index contributed by atoms with van der Waals surface area (Å²) in [6.45, 7) is 0.0575. The molecule has 23 heavy (non-hydrogen) atoms. The summed E-state index contributed by atoms with van der Waals surface area (Å²) in [4.78, 5) is 10.00. The quantitative estimate of drug-likeness (QED) is 0.589.